The van der Waals surface area contributed by atoms with Gasteiger partial charge in [0.15, 0.2) is 6.10 Å². The molecule has 3 amide bonds. The molecule has 1 saturated carbocycles. The van der Waals surface area contributed by atoms with Crippen LogP contribution in [-0.4, -0.2) is 47.3 Å². The number of nitrogens with one attached hydrogen (secondary N) is 3. The summed E-state index contributed by atoms with van der Waals surface area (Å²) in [5.74, 6) is -1.34. The topological polar surface area (TPSA) is 128 Å². The molecule has 3 aromatic carbocycles. The van der Waals surface area contributed by atoms with Crippen LogP contribution in [0.25, 0.3) is 0 Å². The Balaban J connectivity index is 1.46. The van der Waals surface area contributed by atoms with E-state index in [0.717, 1.165) is 16.7 Å². The van der Waals surface area contributed by atoms with Crippen LogP contribution < -0.4 is 16.0 Å². The Morgan fingerprint density at radius 1 is 0.829 bits per heavy atom. The lowest BCUT2D eigenvalue weighted by atomic mass is 9.83. The van der Waals surface area contributed by atoms with Crippen molar-refractivity contribution in [3.63, 3.8) is 0 Å². The van der Waals surface area contributed by atoms with Gasteiger partial charge in [-0.1, -0.05) is 79.4 Å². The molecule has 0 radical (unpaired) electrons. The van der Waals surface area contributed by atoms with Gasteiger partial charge in [0.2, 0.25) is 0 Å². The molecule has 0 aromatic heterocycles. The molecule has 1 aliphatic carbocycles. The first-order valence-corrected chi connectivity index (χ1v) is 14.4. The van der Waals surface area contributed by atoms with Crippen molar-refractivity contribution in [3.05, 3.63) is 106 Å². The minimum absolute atomic E-state index is 0.310. The Morgan fingerprint density at radius 3 is 2.05 bits per heavy atom. The number of aliphatic hydroxyl groups excluding tert-OH is 1. The van der Waals surface area contributed by atoms with Crippen molar-refractivity contribution >= 4 is 29.5 Å². The van der Waals surface area contributed by atoms with Crippen LogP contribution in [0.5, 0.6) is 0 Å². The molecular weight excluding hydrogens is 542 g/mol. The average Bonchev–Trinajstić information content (AvgIpc) is 3.00. The maximum atomic E-state index is 13.0. The van der Waals surface area contributed by atoms with Gasteiger partial charge >= 0.3 is 12.0 Å². The van der Waals surface area contributed by atoms with Crippen LogP contribution in [0.3, 0.4) is 0 Å². The lowest BCUT2D eigenvalue weighted by Gasteiger charge is -2.24. The average molecular weight is 578 g/mol. The van der Waals surface area contributed by atoms with E-state index < -0.39 is 30.6 Å². The molecule has 0 heterocycles. The minimum Gasteiger partial charge on any atom is -0.479 e. The number of amides is 3. The second kappa shape index (κ2) is 14.7. The van der Waals surface area contributed by atoms with Crippen LogP contribution in [0.1, 0.15) is 76.7 Å². The van der Waals surface area contributed by atoms with Crippen molar-refractivity contribution in [2.24, 2.45) is 0 Å². The number of hydrogen-bond donors (Lipinski definition) is 5. The summed E-state index contributed by atoms with van der Waals surface area (Å²) in [5, 5.41) is 27.3. The van der Waals surface area contributed by atoms with Crippen LogP contribution >= 0.6 is 11.6 Å². The molecule has 3 aromatic rings. The Bertz CT molecular complexity index is 1310. The fourth-order valence-corrected chi connectivity index (χ4v) is 5.24. The zero-order chi connectivity index (χ0) is 29.2. The standard InChI is InChI=1S/C32H36ClN3O5/c33-27-16-6-21(7-17-27)18-19-34-32(41)36-29(24-10-8-23(9-11-24)22-4-2-1-3-5-22)25-12-14-26(15-13-25)30(38)35-20-28(37)31(39)40/h6-17,22,28-29,37H,1-5,18-20H2,(H,35,38)(H,39,40)(H2,34,36,41)/t28-,29?/m1/s1. The molecule has 5 N–H and O–H groups in total. The summed E-state index contributed by atoms with van der Waals surface area (Å²) in [4.78, 5) is 36.2. The smallest absolute Gasteiger partial charge is 0.334 e. The molecule has 8 nitrogen and oxygen atoms in total. The van der Waals surface area contributed by atoms with Crippen molar-refractivity contribution < 1.29 is 24.6 Å². The Morgan fingerprint density at radius 2 is 1.44 bits per heavy atom. The Labute approximate surface area is 245 Å². The molecule has 0 saturated heterocycles. The highest BCUT2D eigenvalue weighted by molar-refractivity contribution is 6.30. The minimum atomic E-state index is -1.68. The van der Waals surface area contributed by atoms with Gasteiger partial charge < -0.3 is 26.2 Å². The molecule has 41 heavy (non-hydrogen) atoms. The third kappa shape index (κ3) is 8.80. The number of carboxylic acid groups (broad SMARTS) is 1. The van der Waals surface area contributed by atoms with Crippen LogP contribution in [0, 0.1) is 0 Å². The van der Waals surface area contributed by atoms with E-state index in [9.17, 15) is 19.5 Å². The van der Waals surface area contributed by atoms with E-state index in [4.69, 9.17) is 16.7 Å². The first-order valence-electron chi connectivity index (χ1n) is 14.0. The lowest BCUT2D eigenvalue weighted by Crippen LogP contribution is -2.39. The molecule has 1 fully saturated rings. The van der Waals surface area contributed by atoms with Gasteiger partial charge in [-0.15, -0.1) is 0 Å². The largest absolute Gasteiger partial charge is 0.479 e. The van der Waals surface area contributed by atoms with Crippen molar-refractivity contribution in [2.75, 3.05) is 13.1 Å². The predicted molar refractivity (Wildman–Crippen MR) is 158 cm³/mol. The molecule has 2 atom stereocenters. The van der Waals surface area contributed by atoms with Gasteiger partial charge in [-0.05, 0) is 71.7 Å². The van der Waals surface area contributed by atoms with Crippen LogP contribution in [0.15, 0.2) is 72.8 Å². The van der Waals surface area contributed by atoms with Crippen molar-refractivity contribution in [1.29, 1.82) is 0 Å². The Kier molecular flexibility index (Phi) is 10.8. The highest BCUT2D eigenvalue weighted by atomic mass is 35.5. The van der Waals surface area contributed by atoms with Crippen LogP contribution in [0.2, 0.25) is 5.02 Å². The number of carbonyl (C=O) groups excluding carboxylic acids is 2. The van der Waals surface area contributed by atoms with E-state index in [1.54, 1.807) is 24.3 Å². The van der Waals surface area contributed by atoms with Gasteiger partial charge in [-0.25, -0.2) is 9.59 Å². The summed E-state index contributed by atoms with van der Waals surface area (Å²) in [6.07, 6.45) is 5.17. The van der Waals surface area contributed by atoms with Crippen LogP contribution in [-0.2, 0) is 11.2 Å². The second-order valence-electron chi connectivity index (χ2n) is 10.4. The highest BCUT2D eigenvalue weighted by Gasteiger charge is 2.20. The van der Waals surface area contributed by atoms with Gasteiger partial charge in [-0.3, -0.25) is 4.79 Å². The van der Waals surface area contributed by atoms with Gasteiger partial charge in [-0.2, -0.15) is 0 Å². The molecule has 0 aliphatic heterocycles. The summed E-state index contributed by atoms with van der Waals surface area (Å²) >= 11 is 5.96. The summed E-state index contributed by atoms with van der Waals surface area (Å²) in [6.45, 7) is 0.0474. The number of carbonyl (C=O) groups is 3. The first kappa shape index (κ1) is 30.1. The quantitative estimate of drug-likeness (QED) is 0.214. The van der Waals surface area contributed by atoms with E-state index >= 15 is 0 Å². The van der Waals surface area contributed by atoms with Gasteiger partial charge in [0, 0.05) is 17.1 Å². The molecule has 4 rings (SSSR count). The first-order chi connectivity index (χ1) is 19.8. The zero-order valence-corrected chi connectivity index (χ0v) is 23.6. The number of benzene rings is 3. The summed E-state index contributed by atoms with van der Waals surface area (Å²) in [5.41, 5.74) is 4.39. The maximum Gasteiger partial charge on any atom is 0.334 e. The molecule has 0 spiro atoms. The zero-order valence-electron chi connectivity index (χ0n) is 22.8. The SMILES string of the molecule is O=C(NCCc1ccc(Cl)cc1)NC(c1ccc(C(=O)NC[C@@H](O)C(=O)O)cc1)c1ccc(C2CCCCC2)cc1. The van der Waals surface area contributed by atoms with E-state index in [1.807, 2.05) is 24.3 Å². The van der Waals surface area contributed by atoms with E-state index in [0.29, 0.717) is 29.5 Å². The number of aliphatic carboxylic acids is 1. The molecule has 1 aliphatic rings. The number of hydrogen-bond acceptors (Lipinski definition) is 4. The fourth-order valence-electron chi connectivity index (χ4n) is 5.11. The van der Waals surface area contributed by atoms with Crippen LogP contribution in [0.4, 0.5) is 4.79 Å². The predicted octanol–water partition coefficient (Wildman–Crippen LogP) is 5.19. The second-order valence-corrected chi connectivity index (χ2v) is 10.8. The Hall–Kier alpha value is -3.88. The van der Waals surface area contributed by atoms with E-state index in [-0.39, 0.29) is 6.03 Å². The van der Waals surface area contributed by atoms with Gasteiger partial charge in [0.05, 0.1) is 12.6 Å². The van der Waals surface area contributed by atoms with Crippen molar-refractivity contribution in [2.45, 2.75) is 56.6 Å². The maximum absolute atomic E-state index is 13.0. The molecule has 9 heteroatoms. The fraction of sp³-hybridized carbons (Fsp3) is 0.344. The summed E-state index contributed by atoms with van der Waals surface area (Å²) in [6, 6.07) is 21.9. The van der Waals surface area contributed by atoms with E-state index in [1.165, 1.54) is 37.7 Å². The van der Waals surface area contributed by atoms with Gasteiger partial charge in [0.25, 0.3) is 5.91 Å². The third-order valence-electron chi connectivity index (χ3n) is 7.48. The van der Waals surface area contributed by atoms with Crippen molar-refractivity contribution in [3.8, 4) is 0 Å². The normalized spacial score (nSPS) is 15.0. The highest BCUT2D eigenvalue weighted by Crippen LogP contribution is 2.33. The number of aliphatic hydroxyl groups is 1. The molecule has 216 valence electrons. The molecule has 1 unspecified atom stereocenters. The third-order valence-corrected chi connectivity index (χ3v) is 7.73. The molecule has 0 bridgehead atoms. The number of rotatable bonds is 11. The summed E-state index contributed by atoms with van der Waals surface area (Å²) in [7, 11) is 0. The van der Waals surface area contributed by atoms with Crippen molar-refractivity contribution in [1.82, 2.24) is 16.0 Å². The van der Waals surface area contributed by atoms with E-state index in [2.05, 4.69) is 40.2 Å². The number of urea groups is 1. The lowest BCUT2D eigenvalue weighted by molar-refractivity contribution is -0.146. The molecular formula is C32H36ClN3O5. The monoisotopic (exact) mass is 577 g/mol. The number of halogens is 1. The van der Waals surface area contributed by atoms with Gasteiger partial charge in [0.1, 0.15) is 0 Å². The number of carboxylic acids is 1. The summed E-state index contributed by atoms with van der Waals surface area (Å²) < 4.78 is 0.